The number of nitrogens with zero attached hydrogens (tertiary/aromatic N) is 3. The number of fused-ring (bicyclic) bond motifs is 1. The minimum atomic E-state index is 0.0644. The minimum Gasteiger partial charge on any atom is -0.504 e. The van der Waals surface area contributed by atoms with E-state index in [2.05, 4.69) is 9.97 Å². The average Bonchev–Trinajstić information content (AvgIpc) is 3.16. The molecular formula is C22H21N3O3. The van der Waals surface area contributed by atoms with Crippen LogP contribution in [0.15, 0.2) is 54.7 Å². The Morgan fingerprint density at radius 1 is 1.18 bits per heavy atom. The molecule has 0 fully saturated rings. The molecule has 0 radical (unpaired) electrons. The number of carbonyl (C=O) groups excluding carboxylic acids is 1. The van der Waals surface area contributed by atoms with Gasteiger partial charge in [0.25, 0.3) is 0 Å². The minimum absolute atomic E-state index is 0.0644. The number of carbonyl (C=O) groups is 1. The highest BCUT2D eigenvalue weighted by Gasteiger charge is 2.25. The van der Waals surface area contributed by atoms with Gasteiger partial charge in [-0.05, 0) is 24.1 Å². The van der Waals surface area contributed by atoms with Gasteiger partial charge in [-0.25, -0.2) is 9.97 Å². The largest absolute Gasteiger partial charge is 0.504 e. The van der Waals surface area contributed by atoms with Crippen LogP contribution in [-0.4, -0.2) is 33.0 Å². The molecule has 142 valence electrons. The number of aryl methyl sites for hydroxylation is 1. The molecule has 0 bridgehead atoms. The van der Waals surface area contributed by atoms with Crippen molar-refractivity contribution in [3.8, 4) is 22.9 Å². The van der Waals surface area contributed by atoms with Gasteiger partial charge in [-0.2, -0.15) is 0 Å². The number of ether oxygens (including phenoxy) is 1. The van der Waals surface area contributed by atoms with Crippen LogP contribution in [0.3, 0.4) is 0 Å². The lowest BCUT2D eigenvalue weighted by molar-refractivity contribution is -0.131. The maximum atomic E-state index is 12.6. The molecule has 2 aromatic carbocycles. The van der Waals surface area contributed by atoms with Crippen LogP contribution in [0.25, 0.3) is 11.4 Å². The summed E-state index contributed by atoms with van der Waals surface area (Å²) in [4.78, 5) is 23.5. The number of phenols is 1. The number of hydrogen-bond acceptors (Lipinski definition) is 5. The van der Waals surface area contributed by atoms with Gasteiger partial charge in [-0.3, -0.25) is 4.79 Å². The van der Waals surface area contributed by atoms with Crippen LogP contribution in [0.5, 0.6) is 11.5 Å². The van der Waals surface area contributed by atoms with Crippen LogP contribution in [0, 0.1) is 0 Å². The zero-order valence-electron chi connectivity index (χ0n) is 15.6. The number of amides is 1. The summed E-state index contributed by atoms with van der Waals surface area (Å²) < 4.78 is 5.05. The van der Waals surface area contributed by atoms with Crippen LogP contribution < -0.4 is 4.74 Å². The molecule has 0 saturated heterocycles. The van der Waals surface area contributed by atoms with Gasteiger partial charge in [0, 0.05) is 30.3 Å². The highest BCUT2D eigenvalue weighted by molar-refractivity contribution is 5.77. The summed E-state index contributed by atoms with van der Waals surface area (Å²) in [5, 5.41) is 9.87. The Morgan fingerprint density at radius 2 is 2.00 bits per heavy atom. The molecule has 28 heavy (non-hydrogen) atoms. The van der Waals surface area contributed by atoms with Crippen molar-refractivity contribution in [2.24, 2.45) is 0 Å². The van der Waals surface area contributed by atoms with Gasteiger partial charge in [0.2, 0.25) is 5.91 Å². The molecule has 0 spiro atoms. The van der Waals surface area contributed by atoms with Crippen molar-refractivity contribution in [3.63, 3.8) is 0 Å². The number of aromatic hydroxyl groups is 1. The van der Waals surface area contributed by atoms with Gasteiger partial charge >= 0.3 is 0 Å². The molecule has 4 rings (SSSR count). The Kier molecular flexibility index (Phi) is 4.93. The molecule has 1 amide bonds. The van der Waals surface area contributed by atoms with Gasteiger partial charge in [-0.1, -0.05) is 36.4 Å². The smallest absolute Gasteiger partial charge is 0.223 e. The van der Waals surface area contributed by atoms with E-state index >= 15 is 0 Å². The van der Waals surface area contributed by atoms with Crippen molar-refractivity contribution >= 4 is 5.91 Å². The van der Waals surface area contributed by atoms with Crippen molar-refractivity contribution in [1.29, 1.82) is 0 Å². The molecule has 1 aliphatic rings. The fraction of sp³-hybridized carbons (Fsp3) is 0.227. The second kappa shape index (κ2) is 7.68. The van der Waals surface area contributed by atoms with E-state index in [4.69, 9.17) is 4.74 Å². The zero-order chi connectivity index (χ0) is 19.5. The number of phenolic OH excluding ortho intramolecular Hbond substituents is 1. The SMILES string of the molecule is COc1ccc(CCC(=O)N2Cc3cnc(-c4ccccc4)nc3C2)cc1O. The summed E-state index contributed by atoms with van der Waals surface area (Å²) in [5.74, 6) is 1.26. The van der Waals surface area contributed by atoms with Crippen LogP contribution in [0.2, 0.25) is 0 Å². The fourth-order valence-electron chi connectivity index (χ4n) is 3.36. The summed E-state index contributed by atoms with van der Waals surface area (Å²) in [6.07, 6.45) is 2.75. The standard InChI is InChI=1S/C22H21N3O3/c1-28-20-9-7-15(11-19(20)26)8-10-21(27)25-13-17-12-23-22(24-18(17)14-25)16-5-3-2-4-6-16/h2-7,9,11-12,26H,8,10,13-14H2,1H3. The van der Waals surface area contributed by atoms with Gasteiger partial charge in [0.1, 0.15) is 0 Å². The lowest BCUT2D eigenvalue weighted by Gasteiger charge is -2.15. The molecule has 6 nitrogen and oxygen atoms in total. The molecule has 1 N–H and O–H groups in total. The Morgan fingerprint density at radius 3 is 2.75 bits per heavy atom. The van der Waals surface area contributed by atoms with Crippen LogP contribution in [-0.2, 0) is 24.3 Å². The van der Waals surface area contributed by atoms with Gasteiger partial charge < -0.3 is 14.7 Å². The Bertz CT molecular complexity index is 1010. The maximum Gasteiger partial charge on any atom is 0.223 e. The third-order valence-electron chi connectivity index (χ3n) is 4.91. The Labute approximate surface area is 163 Å². The predicted octanol–water partition coefficient (Wildman–Crippen LogP) is 3.33. The summed E-state index contributed by atoms with van der Waals surface area (Å²) in [6.45, 7) is 1.04. The first-order valence-corrected chi connectivity index (χ1v) is 9.18. The molecule has 1 aliphatic heterocycles. The molecule has 3 aromatic rings. The quantitative estimate of drug-likeness (QED) is 0.740. The van der Waals surface area contributed by atoms with Gasteiger partial charge in [0.05, 0.1) is 19.3 Å². The van der Waals surface area contributed by atoms with E-state index in [9.17, 15) is 9.90 Å². The highest BCUT2D eigenvalue weighted by atomic mass is 16.5. The van der Waals surface area contributed by atoms with Crippen LogP contribution >= 0.6 is 0 Å². The lowest BCUT2D eigenvalue weighted by Crippen LogP contribution is -2.25. The molecule has 0 unspecified atom stereocenters. The molecule has 2 heterocycles. The van der Waals surface area contributed by atoms with Crippen molar-refractivity contribution in [2.45, 2.75) is 25.9 Å². The van der Waals surface area contributed by atoms with Crippen molar-refractivity contribution in [3.05, 3.63) is 71.5 Å². The van der Waals surface area contributed by atoms with Gasteiger partial charge in [-0.15, -0.1) is 0 Å². The van der Waals surface area contributed by atoms with Crippen LogP contribution in [0.4, 0.5) is 0 Å². The number of hydrogen-bond donors (Lipinski definition) is 1. The summed E-state index contributed by atoms with van der Waals surface area (Å²) in [7, 11) is 1.51. The van der Waals surface area contributed by atoms with Crippen molar-refractivity contribution in [1.82, 2.24) is 14.9 Å². The summed E-state index contributed by atoms with van der Waals surface area (Å²) in [5.41, 5.74) is 3.77. The van der Waals surface area contributed by atoms with E-state index < -0.39 is 0 Å². The number of benzene rings is 2. The topological polar surface area (TPSA) is 75.5 Å². The Balaban J connectivity index is 1.40. The van der Waals surface area contributed by atoms with E-state index in [0.717, 1.165) is 22.4 Å². The molecule has 1 aromatic heterocycles. The van der Waals surface area contributed by atoms with Crippen molar-refractivity contribution in [2.75, 3.05) is 7.11 Å². The molecular weight excluding hydrogens is 354 g/mol. The first-order chi connectivity index (χ1) is 13.6. The number of rotatable bonds is 5. The second-order valence-corrected chi connectivity index (χ2v) is 6.79. The van der Waals surface area contributed by atoms with E-state index in [1.807, 2.05) is 42.6 Å². The fourth-order valence-corrected chi connectivity index (χ4v) is 3.36. The van der Waals surface area contributed by atoms with E-state index in [-0.39, 0.29) is 11.7 Å². The van der Waals surface area contributed by atoms with Crippen molar-refractivity contribution < 1.29 is 14.6 Å². The number of methoxy groups -OCH3 is 1. The first kappa shape index (κ1) is 18.0. The molecule has 6 heteroatoms. The van der Waals surface area contributed by atoms with Gasteiger partial charge in [0.15, 0.2) is 17.3 Å². The first-order valence-electron chi connectivity index (χ1n) is 9.18. The molecule has 0 aliphatic carbocycles. The zero-order valence-corrected chi connectivity index (χ0v) is 15.6. The summed E-state index contributed by atoms with van der Waals surface area (Å²) >= 11 is 0. The van der Waals surface area contributed by atoms with E-state index in [1.165, 1.54) is 7.11 Å². The third kappa shape index (κ3) is 3.67. The predicted molar refractivity (Wildman–Crippen MR) is 105 cm³/mol. The summed E-state index contributed by atoms with van der Waals surface area (Å²) in [6, 6.07) is 15.0. The molecule has 0 saturated carbocycles. The highest BCUT2D eigenvalue weighted by Crippen LogP contribution is 2.27. The lowest BCUT2D eigenvalue weighted by atomic mass is 10.1. The number of aromatic nitrogens is 2. The molecule has 0 atom stereocenters. The Hall–Kier alpha value is -3.41. The van der Waals surface area contributed by atoms with E-state index in [1.54, 1.807) is 17.0 Å². The monoisotopic (exact) mass is 375 g/mol. The average molecular weight is 375 g/mol. The normalized spacial score (nSPS) is 12.7. The second-order valence-electron chi connectivity index (χ2n) is 6.79. The van der Waals surface area contributed by atoms with E-state index in [0.29, 0.717) is 37.5 Å². The van der Waals surface area contributed by atoms with Crippen LogP contribution in [0.1, 0.15) is 23.2 Å². The maximum absolute atomic E-state index is 12.6. The third-order valence-corrected chi connectivity index (χ3v) is 4.91.